The zero-order valence-corrected chi connectivity index (χ0v) is 8.07. The first kappa shape index (κ1) is 18.0. The van der Waals surface area contributed by atoms with Crippen LogP contribution >= 0.6 is 0 Å². The molecule has 0 amide bonds. The third-order valence-electron chi connectivity index (χ3n) is 1.08. The standard InChI is InChI=1S/C8H16O.2Li/c1-3-5-7-9-8-6-4-2;;/h1-8H2;;/q-2;2*+1. The van der Waals surface area contributed by atoms with Gasteiger partial charge in [-0.25, -0.2) is 0 Å². The van der Waals surface area contributed by atoms with Crippen LogP contribution in [0.3, 0.4) is 0 Å². The minimum Gasteiger partial charge on any atom is -0.382 e. The Morgan fingerprint density at radius 3 is 1.45 bits per heavy atom. The Morgan fingerprint density at radius 2 is 1.18 bits per heavy atom. The number of hydrogen-bond acceptors (Lipinski definition) is 1. The van der Waals surface area contributed by atoms with E-state index in [0.29, 0.717) is 0 Å². The van der Waals surface area contributed by atoms with E-state index in [1.165, 1.54) is 0 Å². The molecule has 0 heterocycles. The molecule has 0 aliphatic heterocycles. The number of unbranched alkanes of at least 4 members (excludes halogenated alkanes) is 2. The molecule has 0 radical (unpaired) electrons. The smallest absolute Gasteiger partial charge is 0.382 e. The summed E-state index contributed by atoms with van der Waals surface area (Å²) in [7, 11) is 0. The molecule has 0 rings (SSSR count). The Bertz CT molecular complexity index is 45.4. The van der Waals surface area contributed by atoms with E-state index in [0.717, 1.165) is 38.9 Å². The maximum atomic E-state index is 5.23. The average Bonchev–Trinajstić information content (AvgIpc) is 1.89. The van der Waals surface area contributed by atoms with Gasteiger partial charge in [-0.3, -0.25) is 0 Å². The van der Waals surface area contributed by atoms with E-state index in [4.69, 9.17) is 4.74 Å². The van der Waals surface area contributed by atoms with Gasteiger partial charge in [0.25, 0.3) is 0 Å². The predicted octanol–water partition coefficient (Wildman–Crippen LogP) is -3.76. The van der Waals surface area contributed by atoms with Crippen LogP contribution in [0.2, 0.25) is 0 Å². The molecular formula is C8H16Li2O. The minimum absolute atomic E-state index is 0. The molecule has 0 atom stereocenters. The van der Waals surface area contributed by atoms with E-state index in [2.05, 4.69) is 13.8 Å². The molecule has 1 nitrogen and oxygen atoms in total. The van der Waals surface area contributed by atoms with Gasteiger partial charge in [0.1, 0.15) is 0 Å². The van der Waals surface area contributed by atoms with Crippen LogP contribution < -0.4 is 37.7 Å². The fourth-order valence-electron chi connectivity index (χ4n) is 0.510. The van der Waals surface area contributed by atoms with Crippen LogP contribution in [-0.4, -0.2) is 13.2 Å². The summed E-state index contributed by atoms with van der Waals surface area (Å²) in [6.07, 6.45) is 4.11. The van der Waals surface area contributed by atoms with Crippen LogP contribution in [0.4, 0.5) is 0 Å². The third-order valence-corrected chi connectivity index (χ3v) is 1.08. The number of rotatable bonds is 6. The molecule has 0 aromatic carbocycles. The van der Waals surface area contributed by atoms with E-state index >= 15 is 0 Å². The van der Waals surface area contributed by atoms with Gasteiger partial charge in [0.05, 0.1) is 0 Å². The molecule has 0 unspecified atom stereocenters. The maximum absolute atomic E-state index is 5.23. The Morgan fingerprint density at radius 1 is 0.818 bits per heavy atom. The SMILES string of the molecule is [CH2-]CCCOCCC[CH2-].[Li+].[Li+]. The molecule has 3 heteroatoms. The summed E-state index contributed by atoms with van der Waals surface area (Å²) in [5, 5.41) is 0. The minimum atomic E-state index is 0. The second-order valence-electron chi connectivity index (χ2n) is 2.03. The first-order valence-corrected chi connectivity index (χ1v) is 3.58. The second kappa shape index (κ2) is 17.3. The number of hydrogen-bond donors (Lipinski definition) is 0. The largest absolute Gasteiger partial charge is 1.00 e. The molecule has 0 spiro atoms. The molecule has 0 aliphatic carbocycles. The van der Waals surface area contributed by atoms with Crippen molar-refractivity contribution in [2.45, 2.75) is 25.7 Å². The Labute approximate surface area is 95.0 Å². The van der Waals surface area contributed by atoms with Crippen molar-refractivity contribution in [3.63, 3.8) is 0 Å². The molecule has 0 saturated heterocycles. The van der Waals surface area contributed by atoms with Gasteiger partial charge in [-0.15, -0.1) is 0 Å². The summed E-state index contributed by atoms with van der Waals surface area (Å²) in [6.45, 7) is 9.15. The molecule has 0 aliphatic rings. The van der Waals surface area contributed by atoms with Crippen molar-refractivity contribution in [2.24, 2.45) is 0 Å². The summed E-state index contributed by atoms with van der Waals surface area (Å²) in [5.74, 6) is 0. The van der Waals surface area contributed by atoms with Gasteiger partial charge in [0.15, 0.2) is 0 Å². The summed E-state index contributed by atoms with van der Waals surface area (Å²) < 4.78 is 5.23. The van der Waals surface area contributed by atoms with Crippen LogP contribution in [-0.2, 0) is 4.74 Å². The summed E-state index contributed by atoms with van der Waals surface area (Å²) in [4.78, 5) is 0. The van der Waals surface area contributed by atoms with Crippen molar-refractivity contribution in [2.75, 3.05) is 13.2 Å². The van der Waals surface area contributed by atoms with Crippen LogP contribution in [0.15, 0.2) is 0 Å². The molecule has 0 N–H and O–H groups in total. The first-order chi connectivity index (χ1) is 4.41. The van der Waals surface area contributed by atoms with E-state index in [1.807, 2.05) is 0 Å². The van der Waals surface area contributed by atoms with Crippen molar-refractivity contribution in [3.05, 3.63) is 13.8 Å². The van der Waals surface area contributed by atoms with Gasteiger partial charge in [-0.2, -0.15) is 12.8 Å². The van der Waals surface area contributed by atoms with Crippen molar-refractivity contribution in [3.8, 4) is 0 Å². The molecule has 0 aromatic rings. The molecule has 0 fully saturated rings. The normalized spacial score (nSPS) is 8.18. The maximum Gasteiger partial charge on any atom is 1.00 e. The summed E-state index contributed by atoms with van der Waals surface area (Å²) >= 11 is 0. The summed E-state index contributed by atoms with van der Waals surface area (Å²) in [6, 6.07) is 0. The van der Waals surface area contributed by atoms with Gasteiger partial charge in [0, 0.05) is 13.2 Å². The van der Waals surface area contributed by atoms with E-state index in [1.54, 1.807) is 0 Å². The molecule has 0 saturated carbocycles. The first-order valence-electron chi connectivity index (χ1n) is 3.58. The van der Waals surface area contributed by atoms with Crippen molar-refractivity contribution in [1.82, 2.24) is 0 Å². The van der Waals surface area contributed by atoms with Gasteiger partial charge in [-0.1, -0.05) is 12.8 Å². The van der Waals surface area contributed by atoms with Gasteiger partial charge < -0.3 is 18.6 Å². The summed E-state index contributed by atoms with van der Waals surface area (Å²) in [5.41, 5.74) is 0. The fourth-order valence-corrected chi connectivity index (χ4v) is 0.510. The van der Waals surface area contributed by atoms with Crippen LogP contribution in [0.25, 0.3) is 0 Å². The third kappa shape index (κ3) is 18.3. The quantitative estimate of drug-likeness (QED) is 0.210. The molecule has 0 aromatic heterocycles. The van der Waals surface area contributed by atoms with Crippen molar-refractivity contribution >= 4 is 0 Å². The van der Waals surface area contributed by atoms with Gasteiger partial charge in [0.2, 0.25) is 0 Å². The molecular weight excluding hydrogens is 126 g/mol. The molecule has 0 bridgehead atoms. The average molecular weight is 142 g/mol. The van der Waals surface area contributed by atoms with Gasteiger partial charge in [-0.05, 0) is 0 Å². The van der Waals surface area contributed by atoms with E-state index < -0.39 is 0 Å². The van der Waals surface area contributed by atoms with Gasteiger partial charge >= 0.3 is 37.7 Å². The van der Waals surface area contributed by atoms with E-state index in [9.17, 15) is 0 Å². The molecule has 56 valence electrons. The number of ether oxygens (including phenoxy) is 1. The molecule has 11 heavy (non-hydrogen) atoms. The topological polar surface area (TPSA) is 9.23 Å². The predicted molar refractivity (Wildman–Crippen MR) is 40.0 cm³/mol. The monoisotopic (exact) mass is 142 g/mol. The Hall–Kier alpha value is 1.15. The Balaban J connectivity index is -0.000000320. The van der Waals surface area contributed by atoms with E-state index in [-0.39, 0.29) is 37.7 Å². The Kier molecular flexibility index (Phi) is 28.4. The van der Waals surface area contributed by atoms with Crippen LogP contribution in [0.5, 0.6) is 0 Å². The fraction of sp³-hybridized carbons (Fsp3) is 0.750. The van der Waals surface area contributed by atoms with Crippen molar-refractivity contribution < 1.29 is 42.5 Å². The zero-order valence-electron chi connectivity index (χ0n) is 8.07. The van der Waals surface area contributed by atoms with Crippen LogP contribution in [0, 0.1) is 13.8 Å². The zero-order chi connectivity index (χ0) is 6.95. The second-order valence-corrected chi connectivity index (χ2v) is 2.03. The van der Waals surface area contributed by atoms with Crippen LogP contribution in [0.1, 0.15) is 25.7 Å². The van der Waals surface area contributed by atoms with Crippen molar-refractivity contribution in [1.29, 1.82) is 0 Å².